The van der Waals surface area contributed by atoms with E-state index in [4.69, 9.17) is 0 Å². The second kappa shape index (κ2) is 4.85. The number of fused-ring (bicyclic) bond motifs is 5. The predicted molar refractivity (Wildman–Crippen MR) is 87.4 cm³/mol. The molecule has 22 heavy (non-hydrogen) atoms. The fraction of sp³-hybridized carbons (Fsp3) is 0.850. The Balaban J connectivity index is 1.68. The van der Waals surface area contributed by atoms with Crippen molar-refractivity contribution in [1.82, 2.24) is 0 Å². The molecular formula is C20H30O2. The number of allylic oxidation sites excluding steroid dienone is 1. The highest BCUT2D eigenvalue weighted by Gasteiger charge is 2.60. The molecule has 122 valence electrons. The molecule has 0 saturated heterocycles. The molecule has 0 spiro atoms. The molecule has 0 unspecified atom stereocenters. The van der Waals surface area contributed by atoms with Crippen LogP contribution in [0.2, 0.25) is 0 Å². The minimum Gasteiger partial charge on any atom is -0.515 e. The van der Waals surface area contributed by atoms with Crippen LogP contribution in [0, 0.1) is 34.5 Å². The van der Waals surface area contributed by atoms with Crippen molar-refractivity contribution in [2.45, 2.75) is 71.6 Å². The maximum absolute atomic E-state index is 12.7. The van der Waals surface area contributed by atoms with Crippen molar-refractivity contribution in [3.05, 3.63) is 11.8 Å². The van der Waals surface area contributed by atoms with E-state index in [0.717, 1.165) is 30.9 Å². The van der Waals surface area contributed by atoms with E-state index in [1.54, 1.807) is 0 Å². The average Bonchev–Trinajstić information content (AvgIpc) is 2.78. The van der Waals surface area contributed by atoms with Gasteiger partial charge in [0.2, 0.25) is 0 Å². The summed E-state index contributed by atoms with van der Waals surface area (Å²) in [5, 5.41) is 9.45. The summed E-state index contributed by atoms with van der Waals surface area (Å²) in [7, 11) is 0. The van der Waals surface area contributed by atoms with Gasteiger partial charge in [-0.2, -0.15) is 0 Å². The van der Waals surface area contributed by atoms with E-state index in [-0.39, 0.29) is 11.2 Å². The molecule has 0 amide bonds. The van der Waals surface area contributed by atoms with E-state index in [1.165, 1.54) is 44.9 Å². The molecule has 4 fully saturated rings. The first-order valence-electron chi connectivity index (χ1n) is 9.39. The highest BCUT2D eigenvalue weighted by molar-refractivity contribution is 6.02. The van der Waals surface area contributed by atoms with Gasteiger partial charge >= 0.3 is 0 Å². The van der Waals surface area contributed by atoms with Crippen LogP contribution in [0.1, 0.15) is 71.6 Å². The summed E-state index contributed by atoms with van der Waals surface area (Å²) >= 11 is 0. The van der Waals surface area contributed by atoms with Crippen LogP contribution in [0.3, 0.4) is 0 Å². The van der Waals surface area contributed by atoms with Gasteiger partial charge in [-0.05, 0) is 74.0 Å². The lowest BCUT2D eigenvalue weighted by Gasteiger charge is -2.59. The van der Waals surface area contributed by atoms with Crippen LogP contribution in [-0.2, 0) is 4.79 Å². The highest BCUT2D eigenvalue weighted by atomic mass is 16.2. The van der Waals surface area contributed by atoms with E-state index in [1.807, 2.05) is 0 Å². The number of Topliss-reactive ketones (excluding diaryl/α,β-unsaturated/α-hetero) is 1. The van der Waals surface area contributed by atoms with Crippen molar-refractivity contribution >= 4 is 5.78 Å². The lowest BCUT2D eigenvalue weighted by Crippen LogP contribution is -2.52. The standard InChI is InChI=1S/C20H30O2/c1-19-9-4-3-5-14(19)6-7-15-16(19)8-10-20(2)17(15)11-13(12-21)18(20)22/h12,14-17,21H,3-11H2,1-2H3/b13-12-/t14-,15-,16+,17+,19+,20+/m1/s1. The molecule has 4 saturated carbocycles. The smallest absolute Gasteiger partial charge is 0.168 e. The second-order valence-corrected chi connectivity index (χ2v) is 9.05. The Morgan fingerprint density at radius 1 is 1.05 bits per heavy atom. The van der Waals surface area contributed by atoms with Gasteiger partial charge in [-0.25, -0.2) is 0 Å². The van der Waals surface area contributed by atoms with Gasteiger partial charge in [0.05, 0.1) is 6.26 Å². The van der Waals surface area contributed by atoms with Gasteiger partial charge in [0, 0.05) is 11.0 Å². The summed E-state index contributed by atoms with van der Waals surface area (Å²) in [5.74, 6) is 3.18. The van der Waals surface area contributed by atoms with Crippen molar-refractivity contribution in [3.8, 4) is 0 Å². The first-order chi connectivity index (χ1) is 10.5. The predicted octanol–water partition coefficient (Wildman–Crippen LogP) is 5.04. The van der Waals surface area contributed by atoms with Gasteiger partial charge in [0.1, 0.15) is 0 Å². The number of aliphatic hydroxyl groups excluding tert-OH is 1. The Morgan fingerprint density at radius 2 is 1.86 bits per heavy atom. The lowest BCUT2D eigenvalue weighted by atomic mass is 9.45. The first-order valence-corrected chi connectivity index (χ1v) is 9.39. The monoisotopic (exact) mass is 302 g/mol. The molecule has 0 radical (unpaired) electrons. The average molecular weight is 302 g/mol. The van der Waals surface area contributed by atoms with Crippen molar-refractivity contribution in [2.75, 3.05) is 0 Å². The maximum Gasteiger partial charge on any atom is 0.168 e. The third-order valence-corrected chi connectivity index (χ3v) is 8.38. The SMILES string of the molecule is C[C@]12CCCC[C@@H]1CC[C@@H]1[C@@H]2CC[C@]2(C)C(=O)/C(=C\O)C[C@@H]12. The maximum atomic E-state index is 12.7. The van der Waals surface area contributed by atoms with Crippen LogP contribution in [0.4, 0.5) is 0 Å². The Labute approximate surface area is 134 Å². The summed E-state index contributed by atoms with van der Waals surface area (Å²) in [5.41, 5.74) is 1.04. The van der Waals surface area contributed by atoms with Gasteiger partial charge < -0.3 is 5.11 Å². The normalized spacial score (nSPS) is 53.0. The minimum absolute atomic E-state index is 0.187. The van der Waals surface area contributed by atoms with Crippen LogP contribution in [0.5, 0.6) is 0 Å². The van der Waals surface area contributed by atoms with E-state index < -0.39 is 0 Å². The summed E-state index contributed by atoms with van der Waals surface area (Å²) < 4.78 is 0. The molecule has 2 nitrogen and oxygen atoms in total. The number of aliphatic hydroxyl groups is 1. The molecule has 4 rings (SSSR count). The topological polar surface area (TPSA) is 37.3 Å². The van der Waals surface area contributed by atoms with Gasteiger partial charge in [-0.1, -0.05) is 26.7 Å². The minimum atomic E-state index is -0.187. The fourth-order valence-electron chi connectivity index (χ4n) is 7.08. The second-order valence-electron chi connectivity index (χ2n) is 9.05. The van der Waals surface area contributed by atoms with Crippen LogP contribution >= 0.6 is 0 Å². The van der Waals surface area contributed by atoms with E-state index in [9.17, 15) is 9.90 Å². The third kappa shape index (κ3) is 1.76. The summed E-state index contributed by atoms with van der Waals surface area (Å²) in [4.78, 5) is 12.7. The zero-order valence-electron chi connectivity index (χ0n) is 14.1. The molecule has 4 aliphatic rings. The van der Waals surface area contributed by atoms with Gasteiger partial charge in [-0.3, -0.25) is 4.79 Å². The molecule has 6 atom stereocenters. The van der Waals surface area contributed by atoms with Crippen molar-refractivity contribution in [1.29, 1.82) is 0 Å². The number of carbonyl (C=O) groups is 1. The number of carbonyl (C=O) groups excluding carboxylic acids is 1. The van der Waals surface area contributed by atoms with Gasteiger partial charge in [0.25, 0.3) is 0 Å². The van der Waals surface area contributed by atoms with Crippen LogP contribution < -0.4 is 0 Å². The third-order valence-electron chi connectivity index (χ3n) is 8.38. The number of hydrogen-bond donors (Lipinski definition) is 1. The van der Waals surface area contributed by atoms with E-state index in [0.29, 0.717) is 22.8 Å². The Morgan fingerprint density at radius 3 is 2.64 bits per heavy atom. The zero-order chi connectivity index (χ0) is 15.5. The summed E-state index contributed by atoms with van der Waals surface area (Å²) in [6.07, 6.45) is 12.6. The lowest BCUT2D eigenvalue weighted by molar-refractivity contribution is -0.137. The largest absolute Gasteiger partial charge is 0.515 e. The molecule has 0 aliphatic heterocycles. The Kier molecular flexibility index (Phi) is 3.26. The van der Waals surface area contributed by atoms with Gasteiger partial charge in [-0.15, -0.1) is 0 Å². The fourth-order valence-corrected chi connectivity index (χ4v) is 7.08. The zero-order valence-corrected chi connectivity index (χ0v) is 14.1. The molecule has 1 N–H and O–H groups in total. The molecule has 0 aromatic carbocycles. The van der Waals surface area contributed by atoms with Crippen molar-refractivity contribution in [2.24, 2.45) is 34.5 Å². The van der Waals surface area contributed by atoms with Crippen LogP contribution in [0.25, 0.3) is 0 Å². The Hall–Kier alpha value is -0.790. The molecule has 4 aliphatic carbocycles. The van der Waals surface area contributed by atoms with Crippen LogP contribution in [-0.4, -0.2) is 10.9 Å². The molecule has 0 aromatic rings. The van der Waals surface area contributed by atoms with E-state index >= 15 is 0 Å². The number of hydrogen-bond acceptors (Lipinski definition) is 2. The van der Waals surface area contributed by atoms with Gasteiger partial charge in [0.15, 0.2) is 5.78 Å². The summed E-state index contributed by atoms with van der Waals surface area (Å²) in [6, 6.07) is 0. The van der Waals surface area contributed by atoms with Crippen molar-refractivity contribution in [3.63, 3.8) is 0 Å². The molecule has 0 aromatic heterocycles. The molecule has 2 heteroatoms. The van der Waals surface area contributed by atoms with E-state index in [2.05, 4.69) is 13.8 Å². The molecular weight excluding hydrogens is 272 g/mol. The summed E-state index contributed by atoms with van der Waals surface area (Å²) in [6.45, 7) is 4.75. The highest BCUT2D eigenvalue weighted by Crippen LogP contribution is 2.65. The quantitative estimate of drug-likeness (QED) is 0.503. The molecule has 0 bridgehead atoms. The van der Waals surface area contributed by atoms with Crippen molar-refractivity contribution < 1.29 is 9.90 Å². The number of rotatable bonds is 0. The van der Waals surface area contributed by atoms with Crippen LogP contribution in [0.15, 0.2) is 11.8 Å². The molecule has 0 heterocycles. The first kappa shape index (κ1) is 14.8. The number of ketones is 1. The Bertz CT molecular complexity index is 522.